The molecule has 0 unspecified atom stereocenters. The molecule has 1 aromatic rings. The molecule has 1 rings (SSSR count). The Labute approximate surface area is 53.8 Å². The van der Waals surface area contributed by atoms with Crippen LogP contribution in [-0.4, -0.2) is 10.2 Å². The van der Waals surface area contributed by atoms with Gasteiger partial charge in [0.1, 0.15) is 0 Å². The molecule has 1 aromatic heterocycles. The first-order valence-electron chi connectivity index (χ1n) is 1.61. The molecule has 1 heterocycles. The first-order chi connectivity index (χ1) is 2.89. The SMILES string of the molecule is O=c1cc[nH][nH]1.[H-].[Li+]. The Morgan fingerprint density at radius 3 is 2.57 bits per heavy atom. The van der Waals surface area contributed by atoms with Gasteiger partial charge in [0.25, 0.3) is 5.56 Å². The predicted molar refractivity (Wildman–Crippen MR) is 22.5 cm³/mol. The van der Waals surface area contributed by atoms with Crippen LogP contribution in [0.25, 0.3) is 0 Å². The summed E-state index contributed by atoms with van der Waals surface area (Å²) in [5, 5.41) is 4.81. The van der Waals surface area contributed by atoms with E-state index >= 15 is 0 Å². The van der Waals surface area contributed by atoms with Gasteiger partial charge in [-0.1, -0.05) is 0 Å². The predicted octanol–water partition coefficient (Wildman–Crippen LogP) is -3.18. The van der Waals surface area contributed by atoms with Crippen molar-refractivity contribution in [3.05, 3.63) is 22.6 Å². The van der Waals surface area contributed by atoms with Crippen molar-refractivity contribution in [2.24, 2.45) is 0 Å². The smallest absolute Gasteiger partial charge is 1.00 e. The minimum Gasteiger partial charge on any atom is -1.00 e. The third kappa shape index (κ3) is 1.67. The number of hydrogen-bond donors (Lipinski definition) is 2. The maximum Gasteiger partial charge on any atom is 1.00 e. The van der Waals surface area contributed by atoms with Gasteiger partial charge in [0.15, 0.2) is 0 Å². The van der Waals surface area contributed by atoms with E-state index in [9.17, 15) is 4.79 Å². The van der Waals surface area contributed by atoms with Crippen molar-refractivity contribution >= 4 is 0 Å². The average Bonchev–Trinajstić information content (AvgIpc) is 1.86. The molecule has 0 aliphatic heterocycles. The largest absolute Gasteiger partial charge is 1.00 e. The molecule has 0 aliphatic rings. The molecule has 0 atom stereocenters. The zero-order valence-electron chi connectivity index (χ0n) is 5.06. The fourth-order valence-electron chi connectivity index (χ4n) is 0.272. The van der Waals surface area contributed by atoms with E-state index in [1.165, 1.54) is 6.07 Å². The molecule has 0 bridgehead atoms. The summed E-state index contributed by atoms with van der Waals surface area (Å²) >= 11 is 0. The standard InChI is InChI=1S/C3H4N2O.Li.H/c6-3-1-2-4-5-3;;/h1-2H,(H2,4,5,6);;/q;+1;-1. The Bertz CT molecular complexity index is 155. The second-order valence-electron chi connectivity index (χ2n) is 0.967. The van der Waals surface area contributed by atoms with Gasteiger partial charge < -0.3 is 6.53 Å². The van der Waals surface area contributed by atoms with Gasteiger partial charge in [0.05, 0.1) is 0 Å². The van der Waals surface area contributed by atoms with Gasteiger partial charge in [-0.3, -0.25) is 9.89 Å². The quantitative estimate of drug-likeness (QED) is 0.326. The summed E-state index contributed by atoms with van der Waals surface area (Å²) in [7, 11) is 0. The molecule has 0 saturated heterocycles. The first-order valence-corrected chi connectivity index (χ1v) is 1.61. The van der Waals surface area contributed by atoms with Gasteiger partial charge in [0, 0.05) is 12.3 Å². The van der Waals surface area contributed by atoms with Gasteiger partial charge in [-0.05, 0) is 0 Å². The zero-order chi connectivity index (χ0) is 4.41. The fourth-order valence-corrected chi connectivity index (χ4v) is 0.272. The van der Waals surface area contributed by atoms with Crippen LogP contribution in [0, 0.1) is 0 Å². The van der Waals surface area contributed by atoms with Crippen LogP contribution in [0.1, 0.15) is 1.43 Å². The van der Waals surface area contributed by atoms with Gasteiger partial charge in [-0.25, -0.2) is 0 Å². The van der Waals surface area contributed by atoms with E-state index in [0.717, 1.165) is 0 Å². The summed E-state index contributed by atoms with van der Waals surface area (Å²) in [6, 6.07) is 1.42. The zero-order valence-corrected chi connectivity index (χ0v) is 4.06. The minimum absolute atomic E-state index is 0. The molecule has 0 radical (unpaired) electrons. The summed E-state index contributed by atoms with van der Waals surface area (Å²) in [5.74, 6) is 0. The van der Waals surface area contributed by atoms with Gasteiger partial charge in [0.2, 0.25) is 0 Å². The van der Waals surface area contributed by atoms with Crippen molar-refractivity contribution in [2.45, 2.75) is 0 Å². The Kier molecular flexibility index (Phi) is 2.57. The number of nitrogens with one attached hydrogen (secondary N) is 2. The molecule has 34 valence electrons. The molecular formula is C3H5LiN2O. The second kappa shape index (κ2) is 2.73. The Morgan fingerprint density at radius 2 is 2.43 bits per heavy atom. The Balaban J connectivity index is 0. The van der Waals surface area contributed by atoms with Crippen molar-refractivity contribution in [1.82, 2.24) is 10.2 Å². The van der Waals surface area contributed by atoms with Gasteiger partial charge in [-0.2, -0.15) is 0 Å². The molecule has 0 spiro atoms. The number of rotatable bonds is 0. The van der Waals surface area contributed by atoms with Crippen molar-refractivity contribution in [1.29, 1.82) is 0 Å². The first kappa shape index (κ1) is 6.61. The van der Waals surface area contributed by atoms with E-state index in [0.29, 0.717) is 0 Å². The number of aromatic amines is 2. The Hall–Kier alpha value is -0.393. The van der Waals surface area contributed by atoms with Crippen LogP contribution in [0.4, 0.5) is 0 Å². The van der Waals surface area contributed by atoms with Crippen molar-refractivity contribution < 1.29 is 20.3 Å². The molecule has 0 amide bonds. The van der Waals surface area contributed by atoms with Crippen LogP contribution in [0.2, 0.25) is 0 Å². The molecule has 3 nitrogen and oxygen atoms in total. The summed E-state index contributed by atoms with van der Waals surface area (Å²) in [4.78, 5) is 9.98. The minimum atomic E-state index is -0.0880. The van der Waals surface area contributed by atoms with E-state index in [1.807, 2.05) is 0 Å². The molecule has 0 aliphatic carbocycles. The molecule has 7 heavy (non-hydrogen) atoms. The molecule has 2 N–H and O–H groups in total. The van der Waals surface area contributed by atoms with Gasteiger partial charge >= 0.3 is 18.9 Å². The molecular weight excluding hydrogens is 87.0 g/mol. The number of aromatic nitrogens is 2. The van der Waals surface area contributed by atoms with E-state index in [-0.39, 0.29) is 25.8 Å². The molecule has 0 saturated carbocycles. The normalized spacial score (nSPS) is 7.43. The van der Waals surface area contributed by atoms with Gasteiger partial charge in [-0.15, -0.1) is 0 Å². The summed E-state index contributed by atoms with van der Waals surface area (Å²) in [5.41, 5.74) is -0.0880. The van der Waals surface area contributed by atoms with Crippen LogP contribution < -0.4 is 24.4 Å². The Morgan fingerprint density at radius 1 is 1.71 bits per heavy atom. The van der Waals surface area contributed by atoms with Crippen LogP contribution in [0.3, 0.4) is 0 Å². The maximum absolute atomic E-state index is 9.98. The topological polar surface area (TPSA) is 48.6 Å². The van der Waals surface area contributed by atoms with Crippen LogP contribution in [0.15, 0.2) is 17.1 Å². The molecule has 4 heteroatoms. The molecule has 0 aromatic carbocycles. The summed E-state index contributed by atoms with van der Waals surface area (Å²) < 4.78 is 0. The second-order valence-corrected chi connectivity index (χ2v) is 0.967. The fraction of sp³-hybridized carbons (Fsp3) is 0. The van der Waals surface area contributed by atoms with E-state index in [2.05, 4.69) is 10.2 Å². The number of H-pyrrole nitrogens is 2. The molecule has 0 fully saturated rings. The van der Waals surface area contributed by atoms with E-state index in [4.69, 9.17) is 0 Å². The third-order valence-corrected chi connectivity index (χ3v) is 0.513. The monoisotopic (exact) mass is 92.1 g/mol. The van der Waals surface area contributed by atoms with Crippen LogP contribution >= 0.6 is 0 Å². The van der Waals surface area contributed by atoms with E-state index < -0.39 is 0 Å². The van der Waals surface area contributed by atoms with Crippen LogP contribution in [-0.2, 0) is 0 Å². The third-order valence-electron chi connectivity index (χ3n) is 0.513. The van der Waals surface area contributed by atoms with Crippen LogP contribution in [0.5, 0.6) is 0 Å². The number of hydrogen-bond acceptors (Lipinski definition) is 1. The van der Waals surface area contributed by atoms with E-state index in [1.54, 1.807) is 6.20 Å². The summed E-state index contributed by atoms with van der Waals surface area (Å²) in [6.07, 6.45) is 1.54. The maximum atomic E-state index is 9.98. The summed E-state index contributed by atoms with van der Waals surface area (Å²) in [6.45, 7) is 0. The van der Waals surface area contributed by atoms with Crippen molar-refractivity contribution in [3.63, 3.8) is 0 Å². The average molecular weight is 92.0 g/mol. The van der Waals surface area contributed by atoms with Crippen molar-refractivity contribution in [3.8, 4) is 0 Å². The van der Waals surface area contributed by atoms with Crippen molar-refractivity contribution in [2.75, 3.05) is 0 Å².